The minimum atomic E-state index is 0.0786. The average molecular weight is 261 g/mol. The highest BCUT2D eigenvalue weighted by Crippen LogP contribution is 2.38. The predicted molar refractivity (Wildman–Crippen MR) is 76.8 cm³/mol. The SMILES string of the molecule is CCC1(CC)CCN(C(=O)c2ccnc(N)c2)CC1. The first-order valence-electron chi connectivity index (χ1n) is 7.11. The van der Waals surface area contributed by atoms with E-state index in [-0.39, 0.29) is 5.91 Å². The van der Waals surface area contributed by atoms with Gasteiger partial charge < -0.3 is 10.6 Å². The standard InChI is InChI=1S/C15H23N3O/c1-3-15(4-2)6-9-18(10-7-15)14(19)12-5-8-17-13(16)11-12/h5,8,11H,3-4,6-7,9-10H2,1-2H3,(H2,16,17). The van der Waals surface area contributed by atoms with Crippen LogP contribution >= 0.6 is 0 Å². The number of piperidine rings is 1. The highest BCUT2D eigenvalue weighted by molar-refractivity contribution is 5.94. The van der Waals surface area contributed by atoms with Crippen molar-refractivity contribution in [3.63, 3.8) is 0 Å². The number of likely N-dealkylation sites (tertiary alicyclic amines) is 1. The van der Waals surface area contributed by atoms with Crippen LogP contribution in [-0.4, -0.2) is 28.9 Å². The number of hydrogen-bond acceptors (Lipinski definition) is 3. The second-order valence-corrected chi connectivity index (χ2v) is 5.47. The monoisotopic (exact) mass is 261 g/mol. The lowest BCUT2D eigenvalue weighted by atomic mass is 9.74. The maximum Gasteiger partial charge on any atom is 0.254 e. The Morgan fingerprint density at radius 3 is 2.53 bits per heavy atom. The quantitative estimate of drug-likeness (QED) is 0.910. The number of rotatable bonds is 3. The van der Waals surface area contributed by atoms with Gasteiger partial charge in [0.05, 0.1) is 0 Å². The van der Waals surface area contributed by atoms with E-state index in [4.69, 9.17) is 5.73 Å². The molecular weight excluding hydrogens is 238 g/mol. The number of nitrogens with zero attached hydrogens (tertiary/aromatic N) is 2. The third-order valence-electron chi connectivity index (χ3n) is 4.64. The van der Waals surface area contributed by atoms with E-state index in [1.807, 2.05) is 4.90 Å². The molecule has 104 valence electrons. The van der Waals surface area contributed by atoms with Gasteiger partial charge in [-0.15, -0.1) is 0 Å². The molecule has 0 bridgehead atoms. The number of carbonyl (C=O) groups excluding carboxylic acids is 1. The van der Waals surface area contributed by atoms with Gasteiger partial charge in [-0.3, -0.25) is 4.79 Å². The minimum absolute atomic E-state index is 0.0786. The molecule has 0 aromatic carbocycles. The summed E-state index contributed by atoms with van der Waals surface area (Å²) in [5.74, 6) is 0.481. The van der Waals surface area contributed by atoms with Crippen LogP contribution in [0.1, 0.15) is 49.9 Å². The van der Waals surface area contributed by atoms with Crippen LogP contribution in [0, 0.1) is 5.41 Å². The van der Waals surface area contributed by atoms with E-state index >= 15 is 0 Å². The van der Waals surface area contributed by atoms with E-state index in [9.17, 15) is 4.79 Å². The van der Waals surface area contributed by atoms with Gasteiger partial charge in [-0.2, -0.15) is 0 Å². The third-order valence-corrected chi connectivity index (χ3v) is 4.64. The van der Waals surface area contributed by atoms with Crippen molar-refractivity contribution in [2.45, 2.75) is 39.5 Å². The number of nitrogens with two attached hydrogens (primary N) is 1. The van der Waals surface area contributed by atoms with Gasteiger partial charge in [0.2, 0.25) is 0 Å². The molecule has 2 rings (SSSR count). The van der Waals surface area contributed by atoms with Gasteiger partial charge >= 0.3 is 0 Å². The predicted octanol–water partition coefficient (Wildman–Crippen LogP) is 2.71. The summed E-state index contributed by atoms with van der Waals surface area (Å²) in [6, 6.07) is 3.39. The molecule has 4 nitrogen and oxygen atoms in total. The molecule has 0 radical (unpaired) electrons. The van der Waals surface area contributed by atoms with Crippen molar-refractivity contribution in [1.29, 1.82) is 0 Å². The molecule has 0 atom stereocenters. The maximum atomic E-state index is 12.4. The molecule has 1 saturated heterocycles. The first kappa shape index (κ1) is 13.8. The molecule has 4 heteroatoms. The van der Waals surface area contributed by atoms with Crippen molar-refractivity contribution >= 4 is 11.7 Å². The molecule has 1 aromatic rings. The van der Waals surface area contributed by atoms with Crippen LogP contribution in [0.3, 0.4) is 0 Å². The Morgan fingerprint density at radius 2 is 2.00 bits per heavy atom. The van der Waals surface area contributed by atoms with Gasteiger partial charge in [-0.1, -0.05) is 26.7 Å². The fourth-order valence-corrected chi connectivity index (χ4v) is 2.91. The fourth-order valence-electron chi connectivity index (χ4n) is 2.91. The highest BCUT2D eigenvalue weighted by Gasteiger charge is 2.33. The lowest BCUT2D eigenvalue weighted by Crippen LogP contribution is -2.42. The Labute approximate surface area is 115 Å². The summed E-state index contributed by atoms with van der Waals surface area (Å²) in [6.07, 6.45) is 6.20. The van der Waals surface area contributed by atoms with Crippen molar-refractivity contribution in [1.82, 2.24) is 9.88 Å². The lowest BCUT2D eigenvalue weighted by molar-refractivity contribution is 0.0557. The third kappa shape index (κ3) is 2.88. The smallest absolute Gasteiger partial charge is 0.254 e. The van der Waals surface area contributed by atoms with Crippen molar-refractivity contribution in [3.05, 3.63) is 23.9 Å². The molecule has 1 fully saturated rings. The van der Waals surface area contributed by atoms with E-state index in [1.165, 1.54) is 12.8 Å². The summed E-state index contributed by atoms with van der Waals surface area (Å²) in [7, 11) is 0. The average Bonchev–Trinajstić information content (AvgIpc) is 2.46. The number of nitrogen functional groups attached to an aromatic ring is 1. The van der Waals surface area contributed by atoms with Crippen LogP contribution < -0.4 is 5.73 Å². The summed E-state index contributed by atoms with van der Waals surface area (Å²) in [6.45, 7) is 6.21. The molecule has 1 aliphatic heterocycles. The number of hydrogen-bond donors (Lipinski definition) is 1. The fraction of sp³-hybridized carbons (Fsp3) is 0.600. The number of amides is 1. The van der Waals surface area contributed by atoms with E-state index in [0.717, 1.165) is 25.9 Å². The van der Waals surface area contributed by atoms with Gasteiger partial charge in [0, 0.05) is 24.8 Å². The number of carbonyl (C=O) groups is 1. The Morgan fingerprint density at radius 1 is 1.37 bits per heavy atom. The van der Waals surface area contributed by atoms with Crippen molar-refractivity contribution in [3.8, 4) is 0 Å². The lowest BCUT2D eigenvalue weighted by Gasteiger charge is -2.41. The number of aromatic nitrogens is 1. The summed E-state index contributed by atoms with van der Waals surface area (Å²) in [5, 5.41) is 0. The second-order valence-electron chi connectivity index (χ2n) is 5.47. The molecule has 0 unspecified atom stereocenters. The van der Waals surface area contributed by atoms with Crippen LogP contribution in [0.25, 0.3) is 0 Å². The van der Waals surface area contributed by atoms with E-state index in [2.05, 4.69) is 18.8 Å². The first-order valence-corrected chi connectivity index (χ1v) is 7.11. The normalized spacial score (nSPS) is 18.3. The van der Waals surface area contributed by atoms with Gasteiger partial charge in [0.25, 0.3) is 5.91 Å². The minimum Gasteiger partial charge on any atom is -0.384 e. The molecule has 2 N–H and O–H groups in total. The van der Waals surface area contributed by atoms with Crippen LogP contribution in [0.2, 0.25) is 0 Å². The first-order chi connectivity index (χ1) is 9.10. The van der Waals surface area contributed by atoms with E-state index < -0.39 is 0 Å². The summed E-state index contributed by atoms with van der Waals surface area (Å²) in [4.78, 5) is 18.2. The molecule has 1 aromatic heterocycles. The highest BCUT2D eigenvalue weighted by atomic mass is 16.2. The Balaban J connectivity index is 2.04. The maximum absolute atomic E-state index is 12.4. The van der Waals surface area contributed by atoms with Gasteiger partial charge in [0.1, 0.15) is 5.82 Å². The van der Waals surface area contributed by atoms with Crippen LogP contribution in [0.15, 0.2) is 18.3 Å². The van der Waals surface area contributed by atoms with Gasteiger partial charge in [-0.05, 0) is 30.4 Å². The van der Waals surface area contributed by atoms with Gasteiger partial charge in [0.15, 0.2) is 0 Å². The van der Waals surface area contributed by atoms with Crippen molar-refractivity contribution < 1.29 is 4.79 Å². The molecule has 0 spiro atoms. The molecule has 1 amide bonds. The largest absolute Gasteiger partial charge is 0.384 e. The summed E-state index contributed by atoms with van der Waals surface area (Å²) in [5.41, 5.74) is 6.72. The molecule has 2 heterocycles. The molecule has 19 heavy (non-hydrogen) atoms. The number of anilines is 1. The van der Waals surface area contributed by atoms with E-state index in [0.29, 0.717) is 16.8 Å². The van der Waals surface area contributed by atoms with E-state index in [1.54, 1.807) is 18.3 Å². The summed E-state index contributed by atoms with van der Waals surface area (Å²) < 4.78 is 0. The van der Waals surface area contributed by atoms with Gasteiger partial charge in [-0.25, -0.2) is 4.98 Å². The van der Waals surface area contributed by atoms with Crippen molar-refractivity contribution in [2.75, 3.05) is 18.8 Å². The second kappa shape index (κ2) is 5.59. The van der Waals surface area contributed by atoms with Crippen molar-refractivity contribution in [2.24, 2.45) is 5.41 Å². The molecule has 0 aliphatic carbocycles. The Kier molecular flexibility index (Phi) is 4.08. The summed E-state index contributed by atoms with van der Waals surface area (Å²) >= 11 is 0. The Hall–Kier alpha value is -1.58. The van der Waals surface area contributed by atoms with Crippen LogP contribution in [0.4, 0.5) is 5.82 Å². The zero-order valence-electron chi connectivity index (χ0n) is 11.9. The van der Waals surface area contributed by atoms with Crippen LogP contribution in [0.5, 0.6) is 0 Å². The zero-order valence-corrected chi connectivity index (χ0v) is 11.9. The van der Waals surface area contributed by atoms with Crippen LogP contribution in [-0.2, 0) is 0 Å². The topological polar surface area (TPSA) is 59.2 Å². The Bertz CT molecular complexity index is 444. The molecule has 1 aliphatic rings. The zero-order chi connectivity index (χ0) is 13.9. The molecular formula is C15H23N3O. The number of pyridine rings is 1. The molecule has 0 saturated carbocycles.